The highest BCUT2D eigenvalue weighted by Crippen LogP contribution is 2.29. The Balaban J connectivity index is 1.77. The number of unbranched alkanes of at least 4 members (excludes halogenated alkanes) is 3. The van der Waals surface area contributed by atoms with Gasteiger partial charge in [0.25, 0.3) is 0 Å². The van der Waals surface area contributed by atoms with Crippen molar-refractivity contribution in [3.63, 3.8) is 0 Å². The second kappa shape index (κ2) is 9.45. The molecular weight excluding hydrogens is 376 g/mol. The van der Waals surface area contributed by atoms with Gasteiger partial charge in [-0.2, -0.15) is 0 Å². The molecule has 0 aliphatic carbocycles. The molecule has 162 valence electrons. The smallest absolute Gasteiger partial charge is 0.306 e. The molecule has 0 radical (unpaired) electrons. The molecule has 0 saturated carbocycles. The molecule has 30 heavy (non-hydrogen) atoms. The molecule has 0 atom stereocenters. The van der Waals surface area contributed by atoms with Crippen molar-refractivity contribution in [1.29, 1.82) is 0 Å². The van der Waals surface area contributed by atoms with Gasteiger partial charge in [0.2, 0.25) is 0 Å². The van der Waals surface area contributed by atoms with E-state index in [0.717, 1.165) is 72.8 Å². The van der Waals surface area contributed by atoms with E-state index in [0.29, 0.717) is 12.2 Å². The first-order chi connectivity index (χ1) is 14.3. The van der Waals surface area contributed by atoms with Crippen LogP contribution in [0.1, 0.15) is 72.0 Å². The van der Waals surface area contributed by atoms with Crippen LogP contribution in [0.15, 0.2) is 24.3 Å². The van der Waals surface area contributed by atoms with Crippen LogP contribution in [0.4, 0.5) is 5.82 Å². The van der Waals surface area contributed by atoms with Crippen LogP contribution in [0, 0.1) is 0 Å². The van der Waals surface area contributed by atoms with Crippen molar-refractivity contribution in [2.45, 2.75) is 84.8 Å². The maximum atomic E-state index is 11.9. The molecule has 6 nitrogen and oxygen atoms in total. The van der Waals surface area contributed by atoms with E-state index in [-0.39, 0.29) is 5.97 Å². The fraction of sp³-hybridized carbons (Fsp3) is 0.542. The number of carbonyl (C=O) groups is 1. The molecule has 2 N–H and O–H groups in total. The number of fused-ring (bicyclic) bond motifs is 3. The molecule has 6 heteroatoms. The normalized spacial score (nSPS) is 12.0. The number of hydrogen-bond acceptors (Lipinski definition) is 5. The lowest BCUT2D eigenvalue weighted by Crippen LogP contribution is -2.23. The van der Waals surface area contributed by atoms with Crippen LogP contribution in [0.2, 0.25) is 0 Å². The molecule has 0 saturated heterocycles. The third-order valence-electron chi connectivity index (χ3n) is 5.13. The van der Waals surface area contributed by atoms with Crippen molar-refractivity contribution in [3.8, 4) is 0 Å². The van der Waals surface area contributed by atoms with Gasteiger partial charge in [0.15, 0.2) is 5.82 Å². The number of ether oxygens (including phenoxy) is 1. The summed E-state index contributed by atoms with van der Waals surface area (Å²) in [4.78, 5) is 21.3. The highest BCUT2D eigenvalue weighted by Gasteiger charge is 2.18. The molecular formula is C24H34N4O2. The molecule has 3 aromatic rings. The number of nitrogens with two attached hydrogens (primary N) is 1. The Bertz CT molecular complexity index is 1020. The number of nitrogen functional groups attached to an aromatic ring is 1. The van der Waals surface area contributed by atoms with Crippen LogP contribution in [-0.4, -0.2) is 26.1 Å². The average Bonchev–Trinajstić information content (AvgIpc) is 3.04. The minimum atomic E-state index is -0.421. The Morgan fingerprint density at radius 1 is 1.10 bits per heavy atom. The van der Waals surface area contributed by atoms with Crippen molar-refractivity contribution in [2.75, 3.05) is 5.73 Å². The fourth-order valence-corrected chi connectivity index (χ4v) is 3.78. The van der Waals surface area contributed by atoms with E-state index in [1.165, 1.54) is 0 Å². The predicted molar refractivity (Wildman–Crippen MR) is 122 cm³/mol. The summed E-state index contributed by atoms with van der Waals surface area (Å²) in [5.74, 6) is 1.44. The number of aromatic nitrogens is 3. The largest absolute Gasteiger partial charge is 0.460 e. The number of rotatable bonds is 9. The molecule has 0 amide bonds. The molecule has 0 fully saturated rings. The average molecular weight is 411 g/mol. The van der Waals surface area contributed by atoms with Crippen LogP contribution in [0.25, 0.3) is 21.9 Å². The van der Waals surface area contributed by atoms with Crippen LogP contribution in [0.3, 0.4) is 0 Å². The maximum Gasteiger partial charge on any atom is 0.306 e. The van der Waals surface area contributed by atoms with Crippen molar-refractivity contribution in [2.24, 2.45) is 0 Å². The summed E-state index contributed by atoms with van der Waals surface area (Å²) in [6.45, 7) is 8.75. The Hall–Kier alpha value is -2.63. The third kappa shape index (κ3) is 5.29. The van der Waals surface area contributed by atoms with Gasteiger partial charge in [0, 0.05) is 24.8 Å². The van der Waals surface area contributed by atoms with Gasteiger partial charge < -0.3 is 15.0 Å². The second-order valence-electron chi connectivity index (χ2n) is 8.89. The minimum Gasteiger partial charge on any atom is -0.460 e. The molecule has 0 aliphatic heterocycles. The number of pyridine rings is 1. The van der Waals surface area contributed by atoms with E-state index in [2.05, 4.69) is 22.5 Å². The first-order valence-electron chi connectivity index (χ1n) is 11.1. The summed E-state index contributed by atoms with van der Waals surface area (Å²) < 4.78 is 7.72. The molecule has 0 unspecified atom stereocenters. The van der Waals surface area contributed by atoms with E-state index in [1.54, 1.807) is 0 Å². The van der Waals surface area contributed by atoms with Crippen LogP contribution in [0.5, 0.6) is 0 Å². The lowest BCUT2D eigenvalue weighted by atomic mass is 10.1. The van der Waals surface area contributed by atoms with E-state index < -0.39 is 5.60 Å². The Labute approximate surface area is 178 Å². The van der Waals surface area contributed by atoms with Crippen molar-refractivity contribution in [3.05, 3.63) is 30.1 Å². The van der Waals surface area contributed by atoms with Gasteiger partial charge in [-0.25, -0.2) is 9.97 Å². The van der Waals surface area contributed by atoms with Crippen LogP contribution < -0.4 is 5.73 Å². The zero-order valence-corrected chi connectivity index (χ0v) is 18.7. The highest BCUT2D eigenvalue weighted by molar-refractivity contribution is 6.06. The van der Waals surface area contributed by atoms with Gasteiger partial charge >= 0.3 is 5.97 Å². The van der Waals surface area contributed by atoms with Crippen molar-refractivity contribution < 1.29 is 9.53 Å². The van der Waals surface area contributed by atoms with Gasteiger partial charge in [0.1, 0.15) is 16.9 Å². The zero-order chi connectivity index (χ0) is 21.7. The number of esters is 1. The molecule has 0 bridgehead atoms. The van der Waals surface area contributed by atoms with Crippen molar-refractivity contribution >= 4 is 33.7 Å². The number of hydrogen-bond donors (Lipinski definition) is 1. The summed E-state index contributed by atoms with van der Waals surface area (Å²) in [6.07, 6.45) is 6.37. The first-order valence-corrected chi connectivity index (χ1v) is 11.1. The first kappa shape index (κ1) is 22.1. The van der Waals surface area contributed by atoms with Gasteiger partial charge in [-0.15, -0.1) is 0 Å². The molecule has 2 aromatic heterocycles. The Morgan fingerprint density at radius 3 is 2.60 bits per heavy atom. The van der Waals surface area contributed by atoms with Crippen LogP contribution >= 0.6 is 0 Å². The monoisotopic (exact) mass is 410 g/mol. The summed E-state index contributed by atoms with van der Waals surface area (Å²) >= 11 is 0. The standard InChI is InChI=1S/C24H34N4O2/c1-5-6-14-19-27-21-22(17-12-9-10-13-18(17)26-23(21)25)28(19)16-11-7-8-15-20(29)30-24(2,3)4/h9-10,12-13H,5-8,11,14-16H2,1-4H3,(H2,25,26). The summed E-state index contributed by atoms with van der Waals surface area (Å²) in [6, 6.07) is 8.10. The number of para-hydroxylation sites is 1. The predicted octanol–water partition coefficient (Wildman–Crippen LogP) is 5.41. The second-order valence-corrected chi connectivity index (χ2v) is 8.89. The highest BCUT2D eigenvalue weighted by atomic mass is 16.6. The Kier molecular flexibility index (Phi) is 6.95. The lowest BCUT2D eigenvalue weighted by molar-refractivity contribution is -0.154. The third-order valence-corrected chi connectivity index (χ3v) is 5.13. The van der Waals surface area contributed by atoms with Crippen molar-refractivity contribution in [1.82, 2.24) is 14.5 Å². The summed E-state index contributed by atoms with van der Waals surface area (Å²) in [7, 11) is 0. The lowest BCUT2D eigenvalue weighted by Gasteiger charge is -2.19. The van der Waals surface area contributed by atoms with Gasteiger partial charge in [-0.3, -0.25) is 4.79 Å². The molecule has 2 heterocycles. The van der Waals surface area contributed by atoms with E-state index in [1.807, 2.05) is 39.0 Å². The zero-order valence-electron chi connectivity index (χ0n) is 18.7. The number of benzene rings is 1. The molecule has 1 aromatic carbocycles. The topological polar surface area (TPSA) is 83.0 Å². The summed E-state index contributed by atoms with van der Waals surface area (Å²) in [5.41, 5.74) is 8.61. The molecule has 0 aliphatic rings. The molecule has 0 spiro atoms. The number of aryl methyl sites for hydroxylation is 2. The number of carbonyl (C=O) groups excluding carboxylic acids is 1. The van der Waals surface area contributed by atoms with Gasteiger partial charge in [0.05, 0.1) is 11.0 Å². The van der Waals surface area contributed by atoms with Crippen LogP contribution in [-0.2, 0) is 22.5 Å². The van der Waals surface area contributed by atoms with E-state index in [4.69, 9.17) is 15.5 Å². The van der Waals surface area contributed by atoms with E-state index in [9.17, 15) is 4.79 Å². The SMILES string of the molecule is CCCCc1nc2c(N)nc3ccccc3c2n1CCCCCC(=O)OC(C)(C)C. The minimum absolute atomic E-state index is 0.121. The quantitative estimate of drug-likeness (QED) is 0.377. The fourth-order valence-electron chi connectivity index (χ4n) is 3.78. The van der Waals surface area contributed by atoms with Gasteiger partial charge in [-0.05, 0) is 46.1 Å². The number of imidazole rings is 1. The molecule has 3 rings (SSSR count). The number of anilines is 1. The van der Waals surface area contributed by atoms with E-state index >= 15 is 0 Å². The number of nitrogens with zero attached hydrogens (tertiary/aromatic N) is 3. The van der Waals surface area contributed by atoms with Gasteiger partial charge in [-0.1, -0.05) is 38.0 Å². The maximum absolute atomic E-state index is 11.9. The Morgan fingerprint density at radius 2 is 1.87 bits per heavy atom. The summed E-state index contributed by atoms with van der Waals surface area (Å²) in [5, 5.41) is 1.09.